The number of rotatable bonds is 13. The molecule has 4 aromatic carbocycles. The Hall–Kier alpha value is -4.83. The maximum atomic E-state index is 13.1. The Morgan fingerprint density at radius 2 is 1.02 bits per heavy atom. The van der Waals surface area contributed by atoms with Gasteiger partial charge < -0.3 is 24.6 Å². The zero-order valence-corrected chi connectivity index (χ0v) is 38.6. The van der Waals surface area contributed by atoms with Crippen LogP contribution in [0.5, 0.6) is 11.5 Å². The summed E-state index contributed by atoms with van der Waals surface area (Å²) in [5.74, 6) is 2.29. The molecule has 0 saturated carbocycles. The Bertz CT molecular complexity index is 2560. The topological polar surface area (TPSA) is 160 Å². The van der Waals surface area contributed by atoms with Crippen molar-refractivity contribution in [1.29, 1.82) is 0 Å². The highest BCUT2D eigenvalue weighted by atomic mass is 35.7. The van der Waals surface area contributed by atoms with Gasteiger partial charge in [0, 0.05) is 98.9 Å². The van der Waals surface area contributed by atoms with Crippen LogP contribution >= 0.6 is 33.7 Å². The number of nitrogens with one attached hydrogen (secondary N) is 1. The van der Waals surface area contributed by atoms with Crippen molar-refractivity contribution in [3.63, 3.8) is 0 Å². The van der Waals surface area contributed by atoms with Crippen LogP contribution in [0.3, 0.4) is 0 Å². The van der Waals surface area contributed by atoms with Crippen molar-refractivity contribution >= 4 is 63.1 Å². The third-order valence-electron chi connectivity index (χ3n) is 9.55. The maximum absolute atomic E-state index is 13.1. The first-order valence-corrected chi connectivity index (χ1v) is 25.4. The van der Waals surface area contributed by atoms with Crippen molar-refractivity contribution < 1.29 is 35.1 Å². The van der Waals surface area contributed by atoms with Crippen LogP contribution in [0.4, 0.5) is 19.0 Å². The van der Waals surface area contributed by atoms with E-state index in [2.05, 4.69) is 33.8 Å². The summed E-state index contributed by atoms with van der Waals surface area (Å²) in [5.41, 5.74) is 1.98. The van der Waals surface area contributed by atoms with Crippen molar-refractivity contribution in [3.8, 4) is 11.5 Å². The molecule has 8 rings (SSSR count). The first-order valence-electron chi connectivity index (χ1n) is 20.1. The number of hydrogen-bond acceptors (Lipinski definition) is 15. The Labute approximate surface area is 379 Å². The van der Waals surface area contributed by atoms with Gasteiger partial charge in [0.1, 0.15) is 34.8 Å². The summed E-state index contributed by atoms with van der Waals surface area (Å²) < 4.78 is 94.2. The molecule has 21 heteroatoms. The van der Waals surface area contributed by atoms with E-state index in [9.17, 15) is 25.6 Å². The predicted octanol–water partition coefficient (Wildman–Crippen LogP) is 6.87. The Morgan fingerprint density at radius 1 is 0.603 bits per heavy atom. The fourth-order valence-corrected chi connectivity index (χ4v) is 9.99. The molecule has 2 aliphatic rings. The van der Waals surface area contributed by atoms with Gasteiger partial charge in [-0.2, -0.15) is 13.1 Å². The quantitative estimate of drug-likeness (QED) is 0.120. The fraction of sp³-hybridized carbons (Fsp3) is 0.333. The summed E-state index contributed by atoms with van der Waals surface area (Å²) in [4.78, 5) is 13.8. The number of anilines is 2. The first-order chi connectivity index (χ1) is 30.3. The first kappa shape index (κ1) is 47.6. The molecule has 0 aliphatic carbocycles. The molecule has 14 nitrogen and oxygen atoms in total. The molecule has 0 amide bonds. The van der Waals surface area contributed by atoms with E-state index in [0.717, 1.165) is 53.4 Å². The van der Waals surface area contributed by atoms with E-state index >= 15 is 0 Å². The molecular weight excluding hydrogens is 914 g/mol. The van der Waals surface area contributed by atoms with Gasteiger partial charge in [-0.3, -0.25) is 0 Å². The molecule has 63 heavy (non-hydrogen) atoms. The molecule has 2 aliphatic heterocycles. The summed E-state index contributed by atoms with van der Waals surface area (Å²) in [7, 11) is -2.05. The monoisotopic (exact) mass is 960 g/mol. The predicted molar refractivity (Wildman–Crippen MR) is 243 cm³/mol. The highest BCUT2D eigenvalue weighted by Crippen LogP contribution is 2.25. The highest BCUT2D eigenvalue weighted by molar-refractivity contribution is 8.13. The SMILES string of the molecule is CCOc1ccc(S(=O)(=O)Cl)cc1.CCOc1ccc(S(=O)(=O)N2CCN(c3nc(Cc4ccc(F)cc4)ns3)CC2)cc1.Fc1ccc(Cc2nsc(N3CCNCC3)n2)cc1. The number of piperazine rings is 2. The summed E-state index contributed by atoms with van der Waals surface area (Å²) in [6.45, 7) is 10.6. The summed E-state index contributed by atoms with van der Waals surface area (Å²) >= 11 is 2.74. The molecular formula is C42H47ClF2N8O6S4. The molecule has 0 atom stereocenters. The van der Waals surface area contributed by atoms with Gasteiger partial charge in [-0.1, -0.05) is 24.3 Å². The Kier molecular flexibility index (Phi) is 17.2. The van der Waals surface area contributed by atoms with Gasteiger partial charge in [0.25, 0.3) is 9.05 Å². The van der Waals surface area contributed by atoms with Crippen LogP contribution in [0, 0.1) is 11.6 Å². The normalized spacial score (nSPS) is 14.6. The molecule has 1 N–H and O–H groups in total. The minimum Gasteiger partial charge on any atom is -0.494 e. The second kappa shape index (κ2) is 22.7. The maximum Gasteiger partial charge on any atom is 0.261 e. The third-order valence-corrected chi connectivity index (χ3v) is 14.5. The fourth-order valence-electron chi connectivity index (χ4n) is 6.32. The van der Waals surface area contributed by atoms with Crippen LogP contribution in [0.1, 0.15) is 36.6 Å². The molecule has 2 saturated heterocycles. The van der Waals surface area contributed by atoms with Crippen molar-refractivity contribution in [2.75, 3.05) is 75.4 Å². The molecule has 0 unspecified atom stereocenters. The number of ether oxygens (including phenoxy) is 2. The summed E-state index contributed by atoms with van der Waals surface area (Å²) in [6.07, 6.45) is 1.19. The average Bonchev–Trinajstić information content (AvgIpc) is 3.97. The summed E-state index contributed by atoms with van der Waals surface area (Å²) in [6, 6.07) is 25.3. The molecule has 0 radical (unpaired) electrons. The minimum atomic E-state index is -3.62. The average molecular weight is 962 g/mol. The molecule has 2 fully saturated rings. The molecule has 0 bridgehead atoms. The molecule has 0 spiro atoms. The second-order valence-electron chi connectivity index (χ2n) is 14.0. The van der Waals surface area contributed by atoms with Crippen molar-refractivity contribution in [2.45, 2.75) is 36.5 Å². The number of halogens is 3. The lowest BCUT2D eigenvalue weighted by molar-refractivity contribution is 0.339. The number of benzene rings is 4. The van der Waals surface area contributed by atoms with E-state index in [0.29, 0.717) is 69.6 Å². The van der Waals surface area contributed by atoms with Crippen LogP contribution in [0.2, 0.25) is 0 Å². The largest absolute Gasteiger partial charge is 0.494 e. The van der Waals surface area contributed by atoms with Crippen molar-refractivity contribution in [3.05, 3.63) is 131 Å². The lowest BCUT2D eigenvalue weighted by Gasteiger charge is -2.33. The zero-order chi connectivity index (χ0) is 44.8. The van der Waals surface area contributed by atoms with Crippen LogP contribution in [0.15, 0.2) is 107 Å². The zero-order valence-electron chi connectivity index (χ0n) is 34.6. The lowest BCUT2D eigenvalue weighted by Crippen LogP contribution is -2.48. The second-order valence-corrected chi connectivity index (χ2v) is 19.9. The number of hydrogen-bond donors (Lipinski definition) is 1. The number of nitrogens with zero attached hydrogens (tertiary/aromatic N) is 7. The van der Waals surface area contributed by atoms with Gasteiger partial charge in [0.2, 0.25) is 20.3 Å². The number of sulfonamides is 1. The molecule has 2 aromatic heterocycles. The van der Waals surface area contributed by atoms with E-state index in [1.165, 1.54) is 63.8 Å². The van der Waals surface area contributed by atoms with E-state index in [-0.39, 0.29) is 21.4 Å². The molecule has 6 aromatic rings. The van der Waals surface area contributed by atoms with Crippen LogP contribution in [0.25, 0.3) is 0 Å². The van der Waals surface area contributed by atoms with Gasteiger partial charge in [0.05, 0.1) is 23.0 Å². The highest BCUT2D eigenvalue weighted by Gasteiger charge is 2.30. The lowest BCUT2D eigenvalue weighted by atomic mass is 10.1. The molecule has 336 valence electrons. The van der Waals surface area contributed by atoms with E-state index in [4.69, 9.17) is 20.2 Å². The minimum absolute atomic E-state index is 0.0811. The molecule has 4 heterocycles. The standard InChI is InChI=1S/C21H23FN4O3S2.C13H15FN4S.C8H9ClO3S/c1-2-29-18-7-9-19(10-8-18)31(27,28)26-13-11-25(12-14-26)21-23-20(24-30-21)15-16-3-5-17(22)6-4-16;14-11-3-1-10(2-4-11)9-12-16-13(19-17-12)18-7-5-15-6-8-18;1-2-12-7-3-5-8(6-4-7)13(9,10)11/h3-10H,2,11-15H2,1H3;1-4,15H,5-9H2;3-6H,2H2,1H3. The van der Waals surface area contributed by atoms with E-state index < -0.39 is 19.1 Å². The van der Waals surface area contributed by atoms with E-state index in [1.54, 1.807) is 60.7 Å². The third kappa shape index (κ3) is 14.1. The number of aromatic nitrogens is 4. The van der Waals surface area contributed by atoms with Gasteiger partial charge >= 0.3 is 0 Å². The van der Waals surface area contributed by atoms with Crippen molar-refractivity contribution in [1.82, 2.24) is 28.3 Å². The van der Waals surface area contributed by atoms with Crippen LogP contribution in [-0.4, -0.2) is 105 Å². The van der Waals surface area contributed by atoms with Crippen LogP contribution in [-0.2, 0) is 31.9 Å². The van der Waals surface area contributed by atoms with Gasteiger partial charge in [-0.25, -0.2) is 35.6 Å². The Balaban J connectivity index is 0.000000175. The smallest absolute Gasteiger partial charge is 0.261 e. The van der Waals surface area contributed by atoms with Gasteiger partial charge in [-0.15, -0.1) is 0 Å². The summed E-state index contributed by atoms with van der Waals surface area (Å²) in [5, 5.41) is 5.07. The van der Waals surface area contributed by atoms with Gasteiger partial charge in [0.15, 0.2) is 0 Å². The van der Waals surface area contributed by atoms with E-state index in [1.807, 2.05) is 13.8 Å². The Morgan fingerprint density at radius 3 is 1.43 bits per heavy atom. The van der Waals surface area contributed by atoms with Crippen LogP contribution < -0.4 is 24.6 Å². The van der Waals surface area contributed by atoms with Gasteiger partial charge in [-0.05, 0) is 97.8 Å². The van der Waals surface area contributed by atoms with Crippen molar-refractivity contribution in [2.24, 2.45) is 0 Å².